The van der Waals surface area contributed by atoms with Crippen LogP contribution >= 0.6 is 24.8 Å². The first-order valence-corrected chi connectivity index (χ1v) is 23.8. The van der Waals surface area contributed by atoms with E-state index in [4.69, 9.17) is 0 Å². The zero-order chi connectivity index (χ0) is 14.4. The summed E-state index contributed by atoms with van der Waals surface area (Å²) in [6.45, 7) is 16.5. The standard InChI is InChI=1S/C8H13Si.C4H10N.2CH3.2ClH.H2Si.Zr/c1-9(2,3)8-6-4-5-7-8;1-4(2,3)5;;;;;;/h6-7H,4H2,1-3H3;5H,1-3H3;2*1H3;2*1H;1H2;/q;-1;;;;;;+1. The van der Waals surface area contributed by atoms with Crippen LogP contribution in [0.3, 0.4) is 0 Å². The molecule has 6 heteroatoms. The number of hydrogen-bond donors (Lipinski definition) is 1. The second kappa shape index (κ2) is 6.84. The number of halogens is 2. The quantitative estimate of drug-likeness (QED) is 0.644. The van der Waals surface area contributed by atoms with Crippen LogP contribution in [0.15, 0.2) is 20.6 Å². The minimum absolute atomic E-state index is 0. The van der Waals surface area contributed by atoms with Crippen molar-refractivity contribution in [3.63, 3.8) is 0 Å². The van der Waals surface area contributed by atoms with Crippen LogP contribution in [0.1, 0.15) is 27.2 Å². The van der Waals surface area contributed by atoms with Gasteiger partial charge < -0.3 is 0 Å². The Labute approximate surface area is 142 Å². The molecule has 0 bridgehead atoms. The van der Waals surface area contributed by atoms with Crippen molar-refractivity contribution in [1.82, 2.24) is 3.26 Å². The largest absolute Gasteiger partial charge is 0.147 e. The van der Waals surface area contributed by atoms with Gasteiger partial charge in [-0.1, -0.05) is 0 Å². The van der Waals surface area contributed by atoms with Crippen LogP contribution in [-0.2, 0) is 17.7 Å². The maximum Gasteiger partial charge on any atom is -0.147 e. The Morgan fingerprint density at radius 2 is 1.60 bits per heavy atom. The van der Waals surface area contributed by atoms with Crippen molar-refractivity contribution in [3.05, 3.63) is 20.6 Å². The van der Waals surface area contributed by atoms with E-state index in [0.29, 0.717) is 0 Å². The van der Waals surface area contributed by atoms with Gasteiger partial charge in [0, 0.05) is 0 Å². The van der Waals surface area contributed by atoms with Crippen molar-refractivity contribution in [3.8, 4) is 0 Å². The normalized spacial score (nSPS) is 16.9. The molecule has 120 valence electrons. The van der Waals surface area contributed by atoms with Gasteiger partial charge in [0.15, 0.2) is 0 Å². The summed E-state index contributed by atoms with van der Waals surface area (Å²) in [5.74, 6) is 0. The molecule has 0 spiro atoms. The predicted molar refractivity (Wildman–Crippen MR) is 102 cm³/mol. The molecule has 1 aliphatic rings. The molecule has 0 aromatic rings. The summed E-state index contributed by atoms with van der Waals surface area (Å²) in [5, 5.41) is 1.66. The molecule has 0 aromatic heterocycles. The summed E-state index contributed by atoms with van der Waals surface area (Å²) in [6.07, 6.45) is 6.26. The predicted octanol–water partition coefficient (Wildman–Crippen LogP) is 4.56. The Morgan fingerprint density at radius 1 is 1.15 bits per heavy atom. The molecule has 0 aliphatic heterocycles. The van der Waals surface area contributed by atoms with Crippen LogP contribution < -0.4 is 3.26 Å². The van der Waals surface area contributed by atoms with E-state index in [2.05, 4.69) is 72.0 Å². The minimum atomic E-state index is -2.85. The summed E-state index contributed by atoms with van der Waals surface area (Å²) in [5.41, 5.74) is 0.221. The fourth-order valence-electron chi connectivity index (χ4n) is 2.89. The van der Waals surface area contributed by atoms with Gasteiger partial charge in [0.05, 0.1) is 0 Å². The summed E-state index contributed by atoms with van der Waals surface area (Å²) >= 11 is -2.85. The van der Waals surface area contributed by atoms with Gasteiger partial charge in [-0.05, 0) is 0 Å². The van der Waals surface area contributed by atoms with Gasteiger partial charge in [-0.15, -0.1) is 24.8 Å². The second-order valence-electron chi connectivity index (χ2n) is 8.84. The van der Waals surface area contributed by atoms with Crippen LogP contribution in [-0.4, -0.2) is 20.5 Å². The van der Waals surface area contributed by atoms with E-state index in [1.54, 1.807) is 8.48 Å². The molecule has 0 unspecified atom stereocenters. The van der Waals surface area contributed by atoms with Crippen LogP contribution in [0.2, 0.25) is 28.9 Å². The minimum Gasteiger partial charge on any atom is -0.147 e. The third kappa shape index (κ3) is 6.62. The molecule has 0 radical (unpaired) electrons. The molecule has 1 aliphatic carbocycles. The average Bonchev–Trinajstić information content (AvgIpc) is 2.42. The zero-order valence-corrected chi connectivity index (χ0v) is 20.9. The summed E-state index contributed by atoms with van der Waals surface area (Å²) < 4.78 is 10.8. The monoisotopic (exact) mass is 431 g/mol. The average molecular weight is 434 g/mol. The van der Waals surface area contributed by atoms with Gasteiger partial charge in [0.2, 0.25) is 0 Å². The van der Waals surface area contributed by atoms with E-state index in [1.807, 2.05) is 0 Å². The van der Waals surface area contributed by atoms with E-state index >= 15 is 0 Å². The van der Waals surface area contributed by atoms with Crippen molar-refractivity contribution in [1.29, 1.82) is 0 Å². The summed E-state index contributed by atoms with van der Waals surface area (Å²) in [7, 11) is -1.14. The molecule has 0 saturated heterocycles. The molecular weight excluding hydrogens is 400 g/mol. The fraction of sp³-hybridized carbons (Fsp3) is 0.714. The maximum absolute atomic E-state index is 4.02. The zero-order valence-electron chi connectivity index (χ0n) is 14.4. The van der Waals surface area contributed by atoms with Gasteiger partial charge in [0.1, 0.15) is 0 Å². The molecule has 0 fully saturated rings. The molecule has 1 N–H and O–H groups in total. The van der Waals surface area contributed by atoms with E-state index < -0.39 is 25.8 Å². The van der Waals surface area contributed by atoms with E-state index in [9.17, 15) is 0 Å². The summed E-state index contributed by atoms with van der Waals surface area (Å²) in [6, 6.07) is 0. The van der Waals surface area contributed by atoms with Gasteiger partial charge in [-0.25, -0.2) is 0 Å². The third-order valence-electron chi connectivity index (χ3n) is 3.54. The molecular formula is C14H33Cl2NSi2Zr. The van der Waals surface area contributed by atoms with Crippen molar-refractivity contribution < 1.29 is 17.7 Å². The van der Waals surface area contributed by atoms with Crippen LogP contribution in [0.25, 0.3) is 0 Å². The Balaban J connectivity index is 0. The maximum atomic E-state index is 4.02. The summed E-state index contributed by atoms with van der Waals surface area (Å²) in [4.78, 5) is 0. The number of nitrogens with one attached hydrogen (secondary N) is 1. The Kier molecular flexibility index (Phi) is 8.07. The molecule has 0 saturated carbocycles. The van der Waals surface area contributed by atoms with Gasteiger partial charge in [0.25, 0.3) is 0 Å². The smallest absolute Gasteiger partial charge is 0.147 e. The Bertz CT molecular complexity index is 476. The number of rotatable bonds is 3. The first-order valence-electron chi connectivity index (χ1n) is 6.98. The Hall–Kier alpha value is 1.34. The fourth-order valence-corrected chi connectivity index (χ4v) is 18.8. The first kappa shape index (κ1) is 23.6. The van der Waals surface area contributed by atoms with Crippen LogP contribution in [0, 0.1) is 0 Å². The topological polar surface area (TPSA) is 12.0 Å². The van der Waals surface area contributed by atoms with E-state index in [1.165, 1.54) is 6.42 Å². The van der Waals surface area contributed by atoms with Crippen molar-refractivity contribution in [2.45, 2.75) is 61.6 Å². The molecule has 1 nitrogen and oxygen atoms in total. The molecule has 0 heterocycles. The van der Waals surface area contributed by atoms with E-state index in [0.717, 1.165) is 0 Å². The van der Waals surface area contributed by atoms with Crippen molar-refractivity contribution in [2.75, 3.05) is 0 Å². The molecule has 0 amide bonds. The molecule has 20 heavy (non-hydrogen) atoms. The third-order valence-corrected chi connectivity index (χ3v) is 19.1. The molecule has 0 aromatic carbocycles. The van der Waals surface area contributed by atoms with Crippen molar-refractivity contribution in [2.24, 2.45) is 0 Å². The van der Waals surface area contributed by atoms with E-state index in [-0.39, 0.29) is 30.4 Å². The Morgan fingerprint density at radius 3 is 1.90 bits per heavy atom. The van der Waals surface area contributed by atoms with Crippen molar-refractivity contribution >= 4 is 39.8 Å². The van der Waals surface area contributed by atoms with Crippen LogP contribution in [0.4, 0.5) is 0 Å². The van der Waals surface area contributed by atoms with Crippen LogP contribution in [0.5, 0.6) is 0 Å². The second-order valence-corrected chi connectivity index (χ2v) is 41.9. The first-order chi connectivity index (χ1) is 7.69. The molecule has 1 rings (SSSR count). The molecule has 0 atom stereocenters. The SMILES string of the molecule is CC(C)(C)[NH][Zr]([CH3])([CH3])(=[SiH2])[C]1=CC([Si](C)(C)C)=CC1.Cl.Cl. The number of hydrogen-bond acceptors (Lipinski definition) is 1. The van der Waals surface area contributed by atoms with Gasteiger partial charge in [-0.3, -0.25) is 0 Å². The number of allylic oxidation sites excluding steroid dienone is 4. The van der Waals surface area contributed by atoms with Gasteiger partial charge in [-0.2, -0.15) is 0 Å². The van der Waals surface area contributed by atoms with Gasteiger partial charge >= 0.3 is 118 Å².